The lowest BCUT2D eigenvalue weighted by Crippen LogP contribution is -2.42. The van der Waals surface area contributed by atoms with E-state index in [0.717, 1.165) is 12.8 Å². The minimum absolute atomic E-state index is 0. The fourth-order valence-corrected chi connectivity index (χ4v) is 1.52. The molecule has 142 valence electrons. The highest BCUT2D eigenvalue weighted by Gasteiger charge is 2.17. The quantitative estimate of drug-likeness (QED) is 0.283. The molecule has 0 rings (SSSR count). The molecule has 0 amide bonds. The Balaban J connectivity index is -0.000000145. The van der Waals surface area contributed by atoms with E-state index in [2.05, 4.69) is 0 Å². The number of nitrogens with zero attached hydrogens (tertiary/aromatic N) is 1. The first-order valence-corrected chi connectivity index (χ1v) is 6.86. The molecule has 0 aromatic rings. The van der Waals surface area contributed by atoms with Crippen LogP contribution in [0.1, 0.15) is 25.7 Å². The number of carbonyl (C=O) groups is 2. The van der Waals surface area contributed by atoms with Crippen LogP contribution in [0.4, 0.5) is 0 Å². The number of hydrogen-bond acceptors (Lipinski definition) is 6. The van der Waals surface area contributed by atoms with Crippen molar-refractivity contribution >= 4 is 36.8 Å². The summed E-state index contributed by atoms with van der Waals surface area (Å²) in [6.07, 6.45) is 1.12. The molecular weight excluding hydrogens is 349 g/mol. The lowest BCUT2D eigenvalue weighted by Gasteiger charge is -2.25. The summed E-state index contributed by atoms with van der Waals surface area (Å²) in [6, 6.07) is -0.827. The van der Waals surface area contributed by atoms with E-state index in [4.69, 9.17) is 21.7 Å². The Morgan fingerprint density at radius 1 is 1.17 bits per heavy atom. The summed E-state index contributed by atoms with van der Waals surface area (Å²) in [6.45, 7) is 1.05. The first-order chi connectivity index (χ1) is 9.49. The van der Waals surface area contributed by atoms with Gasteiger partial charge in [0.05, 0.1) is 33.5 Å². The van der Waals surface area contributed by atoms with E-state index in [1.807, 2.05) is 21.1 Å². The maximum absolute atomic E-state index is 10.1. The monoisotopic (exact) mass is 379 g/mol. The first kappa shape index (κ1) is 30.3. The molecule has 0 heterocycles. The molecule has 0 aliphatic carbocycles. The molecule has 0 aromatic heterocycles. The molecule has 0 spiro atoms. The maximum atomic E-state index is 10.1. The van der Waals surface area contributed by atoms with E-state index in [1.54, 1.807) is 0 Å². The molecule has 8 nitrogen and oxygen atoms in total. The fourth-order valence-electron chi connectivity index (χ4n) is 1.52. The van der Waals surface area contributed by atoms with Crippen molar-refractivity contribution in [3.63, 3.8) is 0 Å². The van der Waals surface area contributed by atoms with Gasteiger partial charge in [0.15, 0.2) is 0 Å². The van der Waals surface area contributed by atoms with Crippen LogP contribution in [-0.4, -0.2) is 73.0 Å². The zero-order chi connectivity index (χ0) is 17.1. The van der Waals surface area contributed by atoms with Crippen LogP contribution < -0.4 is 16.6 Å². The Morgan fingerprint density at radius 2 is 1.65 bits per heavy atom. The molecule has 0 bridgehead atoms. The van der Waals surface area contributed by atoms with Crippen LogP contribution in [0.25, 0.3) is 0 Å². The van der Waals surface area contributed by atoms with Gasteiger partial charge in [0.1, 0.15) is 12.6 Å². The molecule has 23 heavy (non-hydrogen) atoms. The average Bonchev–Trinajstić information content (AvgIpc) is 2.25. The van der Waals surface area contributed by atoms with Gasteiger partial charge < -0.3 is 36.1 Å². The Labute approximate surface area is 150 Å². The lowest BCUT2D eigenvalue weighted by atomic mass is 10.1. The summed E-state index contributed by atoms with van der Waals surface area (Å²) in [5.74, 6) is -2.14. The Bertz CT molecular complexity index is 314. The van der Waals surface area contributed by atoms with Gasteiger partial charge in [-0.1, -0.05) is 6.42 Å². The largest absolute Gasteiger partial charge is 0.548 e. The van der Waals surface area contributed by atoms with Crippen LogP contribution in [0.3, 0.4) is 0 Å². The number of quaternary nitrogens is 1. The van der Waals surface area contributed by atoms with E-state index >= 15 is 0 Å². The second-order valence-electron chi connectivity index (χ2n) is 5.93. The number of carboxylic acid groups (broad SMARTS) is 2. The Hall–Kier alpha value is -0.640. The van der Waals surface area contributed by atoms with Crippen LogP contribution in [0.2, 0.25) is 0 Å². The van der Waals surface area contributed by atoms with Gasteiger partial charge >= 0.3 is 5.97 Å². The molecule has 0 fully saturated rings. The number of nitrogens with two attached hydrogens (primary N) is 2. The van der Waals surface area contributed by atoms with Crippen molar-refractivity contribution in [3.8, 4) is 0 Å². The molecule has 6 N–H and O–H groups in total. The normalized spacial score (nSPS) is 12.6. The van der Waals surface area contributed by atoms with Gasteiger partial charge in [0.2, 0.25) is 0 Å². The van der Waals surface area contributed by atoms with E-state index in [9.17, 15) is 14.7 Å². The van der Waals surface area contributed by atoms with Crippen molar-refractivity contribution in [2.45, 2.75) is 37.8 Å². The van der Waals surface area contributed by atoms with E-state index < -0.39 is 24.1 Å². The minimum atomic E-state index is -1.18. The molecule has 0 saturated carbocycles. The lowest BCUT2D eigenvalue weighted by molar-refractivity contribution is -0.873. The number of unbranched alkanes of at least 4 members (excludes halogenated alkanes) is 1. The number of aliphatic hydroxyl groups is 1. The highest BCUT2D eigenvalue weighted by Crippen LogP contribution is 1.98. The van der Waals surface area contributed by atoms with Gasteiger partial charge in [-0.15, -0.1) is 24.8 Å². The van der Waals surface area contributed by atoms with Crippen molar-refractivity contribution < 1.29 is 29.4 Å². The maximum Gasteiger partial charge on any atom is 0.306 e. The molecule has 0 aliphatic heterocycles. The number of aliphatic carboxylic acids is 2. The van der Waals surface area contributed by atoms with Crippen LogP contribution in [0, 0.1) is 0 Å². The van der Waals surface area contributed by atoms with Gasteiger partial charge in [-0.25, -0.2) is 0 Å². The van der Waals surface area contributed by atoms with Crippen LogP contribution in [0.5, 0.6) is 0 Å². The molecule has 0 saturated heterocycles. The van der Waals surface area contributed by atoms with Crippen molar-refractivity contribution in [1.29, 1.82) is 0 Å². The van der Waals surface area contributed by atoms with E-state index in [1.165, 1.54) is 0 Å². The second kappa shape index (κ2) is 16.2. The second-order valence-corrected chi connectivity index (χ2v) is 5.93. The molecule has 0 radical (unpaired) electrons. The number of carbonyl (C=O) groups excluding carboxylic acids is 1. The summed E-state index contributed by atoms with van der Waals surface area (Å²) in [5.41, 5.74) is 10.3. The van der Waals surface area contributed by atoms with E-state index in [-0.39, 0.29) is 31.2 Å². The first-order valence-electron chi connectivity index (χ1n) is 6.86. The molecule has 1 unspecified atom stereocenters. The van der Waals surface area contributed by atoms with Gasteiger partial charge in [0, 0.05) is 6.04 Å². The third-order valence-corrected chi connectivity index (χ3v) is 2.44. The summed E-state index contributed by atoms with van der Waals surface area (Å²) >= 11 is 0. The van der Waals surface area contributed by atoms with E-state index in [0.29, 0.717) is 24.0 Å². The molecule has 0 aliphatic rings. The van der Waals surface area contributed by atoms with Crippen LogP contribution >= 0.6 is 24.8 Å². The molecule has 2 atom stereocenters. The van der Waals surface area contributed by atoms with Crippen molar-refractivity contribution in [1.82, 2.24) is 0 Å². The standard InChI is InChI=1S/C7H15NO3.C6H14N2O2.2ClH/c1-8(2,3)5-6(9)4-7(10)11;7-4-2-1-3-5(8)6(9)10;;/h6,9H,4-5H2,1-3H3;5H,1-4,7-8H2,(H,9,10);2*1H/t;5-;;/m.0../s1. The van der Waals surface area contributed by atoms with Crippen molar-refractivity contribution in [3.05, 3.63) is 0 Å². The fraction of sp³-hybridized carbons (Fsp3) is 0.846. The highest BCUT2D eigenvalue weighted by molar-refractivity contribution is 5.85. The SMILES string of the molecule is C[N+](C)(C)CC(O)CC(=O)O.Cl.Cl.NCCCC[C@H](N)C(=O)[O-]. The number of likely N-dealkylation sites (N-methyl/N-ethyl adjacent to an activating group) is 1. The summed E-state index contributed by atoms with van der Waals surface area (Å²) in [7, 11) is 5.72. The minimum Gasteiger partial charge on any atom is -0.548 e. The number of halogens is 2. The summed E-state index contributed by atoms with van der Waals surface area (Å²) in [4.78, 5) is 20.2. The van der Waals surface area contributed by atoms with Crippen LogP contribution in [-0.2, 0) is 9.59 Å². The van der Waals surface area contributed by atoms with Crippen molar-refractivity contribution in [2.24, 2.45) is 11.5 Å². The number of rotatable bonds is 9. The Kier molecular flexibility index (Phi) is 21.4. The van der Waals surface area contributed by atoms with Gasteiger partial charge in [-0.05, 0) is 19.4 Å². The highest BCUT2D eigenvalue weighted by atomic mass is 35.5. The average molecular weight is 380 g/mol. The topological polar surface area (TPSA) is 150 Å². The molecular formula is C13H31Cl2N3O5. The van der Waals surface area contributed by atoms with Gasteiger partial charge in [0.25, 0.3) is 0 Å². The van der Waals surface area contributed by atoms with Gasteiger partial charge in [-0.3, -0.25) is 4.79 Å². The van der Waals surface area contributed by atoms with Crippen molar-refractivity contribution in [2.75, 3.05) is 34.2 Å². The van der Waals surface area contributed by atoms with Gasteiger partial charge in [-0.2, -0.15) is 0 Å². The summed E-state index contributed by atoms with van der Waals surface area (Å²) in [5, 5.41) is 27.5. The third-order valence-electron chi connectivity index (χ3n) is 2.44. The number of carboxylic acids is 2. The smallest absolute Gasteiger partial charge is 0.306 e. The number of hydrogen-bond donors (Lipinski definition) is 4. The zero-order valence-corrected chi connectivity index (χ0v) is 15.6. The predicted octanol–water partition coefficient (Wildman–Crippen LogP) is -1.44. The molecule has 0 aromatic carbocycles. The zero-order valence-electron chi connectivity index (χ0n) is 13.9. The molecule has 10 heteroatoms. The Morgan fingerprint density at radius 3 is 1.96 bits per heavy atom. The summed E-state index contributed by atoms with van der Waals surface area (Å²) < 4.78 is 0.578. The third kappa shape index (κ3) is 26.6. The number of aliphatic hydroxyl groups excluding tert-OH is 1. The van der Waals surface area contributed by atoms with Crippen LogP contribution in [0.15, 0.2) is 0 Å². The predicted molar refractivity (Wildman–Crippen MR) is 91.5 cm³/mol.